The standard InChI is InChI=1S/C24H23NO5/c1-2-28-21-12-14-22(15-13-21)29-17-23(26)30-16-18-8-10-19(11-9-18)24(27)25-20-6-4-3-5-7-20/h3-15H,2,16-17H2,1H3,(H,25,27). The fourth-order valence-corrected chi connectivity index (χ4v) is 2.62. The van der Waals surface area contributed by atoms with Gasteiger partial charge in [-0.1, -0.05) is 30.3 Å². The number of benzene rings is 3. The lowest BCUT2D eigenvalue weighted by Crippen LogP contribution is -2.15. The summed E-state index contributed by atoms with van der Waals surface area (Å²) < 4.78 is 16.0. The van der Waals surface area contributed by atoms with E-state index in [4.69, 9.17) is 14.2 Å². The quantitative estimate of drug-likeness (QED) is 0.532. The topological polar surface area (TPSA) is 73.9 Å². The van der Waals surface area contributed by atoms with Crippen LogP contribution in [0.25, 0.3) is 0 Å². The third kappa shape index (κ3) is 6.38. The number of hydrogen-bond donors (Lipinski definition) is 1. The lowest BCUT2D eigenvalue weighted by Gasteiger charge is -2.09. The Kier molecular flexibility index (Phi) is 7.44. The summed E-state index contributed by atoms with van der Waals surface area (Å²) >= 11 is 0. The van der Waals surface area contributed by atoms with Gasteiger partial charge in [0.05, 0.1) is 6.61 Å². The molecule has 0 atom stereocenters. The van der Waals surface area contributed by atoms with Crippen LogP contribution in [0.15, 0.2) is 78.9 Å². The summed E-state index contributed by atoms with van der Waals surface area (Å²) in [5, 5.41) is 2.82. The maximum Gasteiger partial charge on any atom is 0.344 e. The summed E-state index contributed by atoms with van der Waals surface area (Å²) in [5.74, 6) is 0.626. The molecule has 3 aromatic carbocycles. The molecule has 30 heavy (non-hydrogen) atoms. The summed E-state index contributed by atoms with van der Waals surface area (Å²) in [6.07, 6.45) is 0. The highest BCUT2D eigenvalue weighted by molar-refractivity contribution is 6.04. The number of carbonyl (C=O) groups excluding carboxylic acids is 2. The van der Waals surface area contributed by atoms with E-state index >= 15 is 0 Å². The molecule has 0 spiro atoms. The van der Waals surface area contributed by atoms with Crippen molar-refractivity contribution in [3.63, 3.8) is 0 Å². The molecule has 0 fully saturated rings. The van der Waals surface area contributed by atoms with Crippen molar-refractivity contribution in [1.29, 1.82) is 0 Å². The fraction of sp³-hybridized carbons (Fsp3) is 0.167. The van der Waals surface area contributed by atoms with Crippen molar-refractivity contribution >= 4 is 17.6 Å². The number of carbonyl (C=O) groups is 2. The zero-order valence-electron chi connectivity index (χ0n) is 16.7. The molecule has 6 nitrogen and oxygen atoms in total. The largest absolute Gasteiger partial charge is 0.494 e. The molecular formula is C24H23NO5. The average Bonchev–Trinajstić information content (AvgIpc) is 2.78. The van der Waals surface area contributed by atoms with Gasteiger partial charge in [0.15, 0.2) is 6.61 Å². The Morgan fingerprint density at radius 3 is 2.07 bits per heavy atom. The van der Waals surface area contributed by atoms with Crippen LogP contribution in [0.3, 0.4) is 0 Å². The minimum atomic E-state index is -0.477. The molecule has 3 aromatic rings. The van der Waals surface area contributed by atoms with Crippen molar-refractivity contribution in [3.8, 4) is 11.5 Å². The van der Waals surface area contributed by atoms with Crippen molar-refractivity contribution in [1.82, 2.24) is 0 Å². The first-order valence-electron chi connectivity index (χ1n) is 9.60. The van der Waals surface area contributed by atoms with Crippen LogP contribution in [0.4, 0.5) is 5.69 Å². The van der Waals surface area contributed by atoms with Crippen molar-refractivity contribution in [2.75, 3.05) is 18.5 Å². The van der Waals surface area contributed by atoms with E-state index in [1.54, 1.807) is 48.5 Å². The van der Waals surface area contributed by atoms with Gasteiger partial charge < -0.3 is 19.5 Å². The highest BCUT2D eigenvalue weighted by atomic mass is 16.6. The van der Waals surface area contributed by atoms with Crippen LogP contribution in [0.1, 0.15) is 22.8 Å². The van der Waals surface area contributed by atoms with Gasteiger partial charge in [-0.2, -0.15) is 0 Å². The maximum absolute atomic E-state index is 12.2. The van der Waals surface area contributed by atoms with Crippen LogP contribution in [0.5, 0.6) is 11.5 Å². The first-order chi connectivity index (χ1) is 14.6. The Bertz CT molecular complexity index is 953. The van der Waals surface area contributed by atoms with Crippen LogP contribution in [0.2, 0.25) is 0 Å². The van der Waals surface area contributed by atoms with Crippen molar-refractivity contribution in [2.24, 2.45) is 0 Å². The van der Waals surface area contributed by atoms with E-state index in [1.165, 1.54) is 0 Å². The van der Waals surface area contributed by atoms with Crippen molar-refractivity contribution in [2.45, 2.75) is 13.5 Å². The van der Waals surface area contributed by atoms with Gasteiger partial charge in [-0.3, -0.25) is 4.79 Å². The predicted molar refractivity (Wildman–Crippen MR) is 114 cm³/mol. The lowest BCUT2D eigenvalue weighted by molar-refractivity contribution is -0.147. The second-order valence-electron chi connectivity index (χ2n) is 6.37. The Balaban J connectivity index is 1.43. The van der Waals surface area contributed by atoms with Crippen molar-refractivity contribution in [3.05, 3.63) is 90.0 Å². The van der Waals surface area contributed by atoms with E-state index in [-0.39, 0.29) is 19.1 Å². The number of ether oxygens (including phenoxy) is 3. The van der Waals surface area contributed by atoms with E-state index in [2.05, 4.69) is 5.32 Å². The Morgan fingerprint density at radius 1 is 0.800 bits per heavy atom. The van der Waals surface area contributed by atoms with Gasteiger partial charge in [-0.25, -0.2) is 4.79 Å². The van der Waals surface area contributed by atoms with Crippen molar-refractivity contribution < 1.29 is 23.8 Å². The van der Waals surface area contributed by atoms with Crippen LogP contribution in [-0.2, 0) is 16.1 Å². The number of esters is 1. The summed E-state index contributed by atoms with van der Waals surface area (Å²) in [7, 11) is 0. The second kappa shape index (κ2) is 10.7. The van der Waals surface area contributed by atoms with Gasteiger partial charge in [0, 0.05) is 11.3 Å². The number of nitrogens with one attached hydrogen (secondary N) is 1. The second-order valence-corrected chi connectivity index (χ2v) is 6.37. The normalized spacial score (nSPS) is 10.2. The number of rotatable bonds is 9. The smallest absolute Gasteiger partial charge is 0.344 e. The Labute approximate surface area is 175 Å². The number of hydrogen-bond acceptors (Lipinski definition) is 5. The Morgan fingerprint density at radius 2 is 1.43 bits per heavy atom. The van der Waals surface area contributed by atoms with Gasteiger partial charge in [0.25, 0.3) is 5.91 Å². The van der Waals surface area contributed by atoms with Crippen LogP contribution in [0, 0.1) is 0 Å². The third-order valence-corrected chi connectivity index (χ3v) is 4.14. The molecule has 0 bridgehead atoms. The third-order valence-electron chi connectivity index (χ3n) is 4.14. The summed E-state index contributed by atoms with van der Waals surface area (Å²) in [5.41, 5.74) is 2.03. The average molecular weight is 405 g/mol. The molecule has 0 aliphatic heterocycles. The molecule has 0 saturated heterocycles. The summed E-state index contributed by atoms with van der Waals surface area (Å²) in [6, 6.07) is 23.1. The van der Waals surface area contributed by atoms with E-state index in [1.807, 2.05) is 37.3 Å². The molecule has 0 radical (unpaired) electrons. The molecule has 3 rings (SSSR count). The van der Waals surface area contributed by atoms with Gasteiger partial charge in [0.2, 0.25) is 0 Å². The minimum Gasteiger partial charge on any atom is -0.494 e. The Hall–Kier alpha value is -3.80. The van der Waals surface area contributed by atoms with E-state index < -0.39 is 5.97 Å². The van der Waals surface area contributed by atoms with Gasteiger partial charge in [-0.15, -0.1) is 0 Å². The predicted octanol–water partition coefficient (Wildman–Crippen LogP) is 4.46. The fourth-order valence-electron chi connectivity index (χ4n) is 2.62. The van der Waals surface area contributed by atoms with E-state index in [0.717, 1.165) is 17.0 Å². The molecule has 6 heteroatoms. The number of anilines is 1. The molecule has 154 valence electrons. The molecule has 1 N–H and O–H groups in total. The molecule has 0 saturated carbocycles. The van der Waals surface area contributed by atoms with Crippen LogP contribution >= 0.6 is 0 Å². The maximum atomic E-state index is 12.2. The highest BCUT2D eigenvalue weighted by Gasteiger charge is 2.08. The van der Waals surface area contributed by atoms with Gasteiger partial charge >= 0.3 is 5.97 Å². The van der Waals surface area contributed by atoms with E-state index in [0.29, 0.717) is 17.9 Å². The monoisotopic (exact) mass is 405 g/mol. The zero-order chi connectivity index (χ0) is 21.2. The number of amides is 1. The van der Waals surface area contributed by atoms with Crippen LogP contribution < -0.4 is 14.8 Å². The SMILES string of the molecule is CCOc1ccc(OCC(=O)OCc2ccc(C(=O)Nc3ccccc3)cc2)cc1. The molecule has 0 aliphatic carbocycles. The molecule has 0 unspecified atom stereocenters. The molecule has 0 aliphatic rings. The lowest BCUT2D eigenvalue weighted by atomic mass is 10.1. The van der Waals surface area contributed by atoms with E-state index in [9.17, 15) is 9.59 Å². The first kappa shape index (κ1) is 20.9. The zero-order valence-corrected chi connectivity index (χ0v) is 16.7. The summed E-state index contributed by atoms with van der Waals surface area (Å²) in [6.45, 7) is 2.41. The number of para-hydroxylation sites is 1. The van der Waals surface area contributed by atoms with Gasteiger partial charge in [0.1, 0.15) is 18.1 Å². The first-order valence-corrected chi connectivity index (χ1v) is 9.60. The highest BCUT2D eigenvalue weighted by Crippen LogP contribution is 2.17. The summed E-state index contributed by atoms with van der Waals surface area (Å²) in [4.78, 5) is 24.1. The molecule has 0 heterocycles. The molecule has 0 aromatic heterocycles. The molecule has 1 amide bonds. The molecular weight excluding hydrogens is 382 g/mol. The van der Waals surface area contributed by atoms with Crippen LogP contribution in [-0.4, -0.2) is 25.1 Å². The van der Waals surface area contributed by atoms with Gasteiger partial charge in [-0.05, 0) is 61.0 Å². The minimum absolute atomic E-state index is 0.103.